The zero-order valence-electron chi connectivity index (χ0n) is 8.90. The fourth-order valence-corrected chi connectivity index (χ4v) is 2.10. The molecule has 2 heterocycles. The van der Waals surface area contributed by atoms with Crippen LogP contribution in [0.3, 0.4) is 0 Å². The highest BCUT2D eigenvalue weighted by atomic mass is 32.1. The Morgan fingerprint density at radius 3 is 3.07 bits per heavy atom. The highest BCUT2D eigenvalue weighted by Gasteiger charge is 2.11. The number of rotatable bonds is 4. The Labute approximate surface area is 93.0 Å². The fraction of sp³-hybridized carbons (Fsp3) is 0.400. The van der Waals surface area contributed by atoms with E-state index in [1.54, 1.807) is 11.3 Å². The van der Waals surface area contributed by atoms with E-state index < -0.39 is 0 Å². The second kappa shape index (κ2) is 4.55. The van der Waals surface area contributed by atoms with Crippen LogP contribution in [0.2, 0.25) is 0 Å². The monoisotopic (exact) mass is 222 g/mol. The Morgan fingerprint density at radius 2 is 2.40 bits per heavy atom. The molecule has 0 radical (unpaired) electrons. The van der Waals surface area contributed by atoms with Gasteiger partial charge >= 0.3 is 0 Å². The number of nitrogens with zero attached hydrogens (tertiary/aromatic N) is 3. The standard InChI is InChI=1S/C10H14N4S/c1-3-11-6-8-7-14(2)13-9(8)10-12-4-5-15-10/h4-5,7,11H,3,6H2,1-2H3. The van der Waals surface area contributed by atoms with Crippen molar-refractivity contribution in [3.8, 4) is 10.7 Å². The summed E-state index contributed by atoms with van der Waals surface area (Å²) in [6.07, 6.45) is 3.85. The molecule has 0 fully saturated rings. The summed E-state index contributed by atoms with van der Waals surface area (Å²) in [6.45, 7) is 3.91. The minimum absolute atomic E-state index is 0.846. The Balaban J connectivity index is 2.29. The molecular formula is C10H14N4S. The maximum absolute atomic E-state index is 4.43. The van der Waals surface area contributed by atoms with Crippen molar-refractivity contribution in [2.24, 2.45) is 7.05 Å². The van der Waals surface area contributed by atoms with E-state index in [0.29, 0.717) is 0 Å². The number of hydrogen-bond acceptors (Lipinski definition) is 4. The lowest BCUT2D eigenvalue weighted by Crippen LogP contribution is -2.11. The van der Waals surface area contributed by atoms with E-state index in [1.807, 2.05) is 29.5 Å². The summed E-state index contributed by atoms with van der Waals surface area (Å²) < 4.78 is 1.84. The van der Waals surface area contributed by atoms with Crippen LogP contribution in [0.4, 0.5) is 0 Å². The summed E-state index contributed by atoms with van der Waals surface area (Å²) in [4.78, 5) is 4.28. The molecule has 15 heavy (non-hydrogen) atoms. The maximum atomic E-state index is 4.43. The first kappa shape index (κ1) is 10.3. The Morgan fingerprint density at radius 1 is 1.53 bits per heavy atom. The number of thiazole rings is 1. The molecule has 4 nitrogen and oxygen atoms in total. The molecule has 2 aromatic heterocycles. The molecule has 0 spiro atoms. The Hall–Kier alpha value is -1.20. The predicted octanol–water partition coefficient (Wildman–Crippen LogP) is 1.65. The van der Waals surface area contributed by atoms with E-state index in [9.17, 15) is 0 Å². The van der Waals surface area contributed by atoms with Gasteiger partial charge in [-0.3, -0.25) is 4.68 Å². The lowest BCUT2D eigenvalue weighted by atomic mass is 10.2. The van der Waals surface area contributed by atoms with Crippen molar-refractivity contribution >= 4 is 11.3 Å². The SMILES string of the molecule is CCNCc1cn(C)nc1-c1nccs1. The van der Waals surface area contributed by atoms with Gasteiger partial charge < -0.3 is 5.32 Å². The van der Waals surface area contributed by atoms with Crippen molar-refractivity contribution in [3.05, 3.63) is 23.3 Å². The molecule has 1 N–H and O–H groups in total. The van der Waals surface area contributed by atoms with E-state index >= 15 is 0 Å². The van der Waals surface area contributed by atoms with Crippen molar-refractivity contribution < 1.29 is 0 Å². The average molecular weight is 222 g/mol. The van der Waals surface area contributed by atoms with Crippen molar-refractivity contribution in [2.75, 3.05) is 6.54 Å². The molecule has 0 unspecified atom stereocenters. The highest BCUT2D eigenvalue weighted by molar-refractivity contribution is 7.13. The summed E-state index contributed by atoms with van der Waals surface area (Å²) in [7, 11) is 1.94. The molecule has 2 aromatic rings. The number of aryl methyl sites for hydroxylation is 1. The first-order chi connectivity index (χ1) is 7.31. The first-order valence-electron chi connectivity index (χ1n) is 4.94. The Bertz CT molecular complexity index is 419. The third-order valence-electron chi connectivity index (χ3n) is 2.10. The minimum Gasteiger partial charge on any atom is -0.313 e. The van der Waals surface area contributed by atoms with Crippen LogP contribution >= 0.6 is 11.3 Å². The molecule has 0 aliphatic carbocycles. The summed E-state index contributed by atoms with van der Waals surface area (Å²) >= 11 is 1.62. The van der Waals surface area contributed by atoms with Crippen LogP contribution in [0.15, 0.2) is 17.8 Å². The van der Waals surface area contributed by atoms with Crippen molar-refractivity contribution in [2.45, 2.75) is 13.5 Å². The lowest BCUT2D eigenvalue weighted by Gasteiger charge is -1.99. The van der Waals surface area contributed by atoms with Gasteiger partial charge in [-0.25, -0.2) is 4.98 Å². The third-order valence-corrected chi connectivity index (χ3v) is 2.88. The number of hydrogen-bond donors (Lipinski definition) is 1. The second-order valence-corrected chi connectivity index (χ2v) is 4.19. The third kappa shape index (κ3) is 2.24. The number of nitrogens with one attached hydrogen (secondary N) is 1. The van der Waals surface area contributed by atoms with Gasteiger partial charge in [-0.15, -0.1) is 11.3 Å². The Kier molecular flexibility index (Phi) is 3.13. The molecular weight excluding hydrogens is 208 g/mol. The van der Waals surface area contributed by atoms with Crippen LogP contribution in [0, 0.1) is 0 Å². The van der Waals surface area contributed by atoms with Gasteiger partial charge in [-0.1, -0.05) is 6.92 Å². The maximum Gasteiger partial charge on any atom is 0.143 e. The van der Waals surface area contributed by atoms with Crippen LogP contribution in [-0.2, 0) is 13.6 Å². The summed E-state index contributed by atoms with van der Waals surface area (Å²) in [6, 6.07) is 0. The average Bonchev–Trinajstić information content (AvgIpc) is 2.83. The van der Waals surface area contributed by atoms with Crippen LogP contribution in [-0.4, -0.2) is 21.3 Å². The van der Waals surface area contributed by atoms with Gasteiger partial charge in [0, 0.05) is 36.9 Å². The van der Waals surface area contributed by atoms with Crippen LogP contribution < -0.4 is 5.32 Å². The largest absolute Gasteiger partial charge is 0.313 e. The van der Waals surface area contributed by atoms with Gasteiger partial charge in [-0.2, -0.15) is 5.10 Å². The summed E-state index contributed by atoms with van der Waals surface area (Å²) in [5.41, 5.74) is 2.20. The van der Waals surface area contributed by atoms with E-state index in [1.165, 1.54) is 5.56 Å². The normalized spacial score (nSPS) is 10.8. The molecule has 2 rings (SSSR count). The van der Waals surface area contributed by atoms with E-state index in [-0.39, 0.29) is 0 Å². The van der Waals surface area contributed by atoms with Gasteiger partial charge in [0.25, 0.3) is 0 Å². The fourth-order valence-electron chi connectivity index (χ4n) is 1.45. The predicted molar refractivity (Wildman–Crippen MR) is 61.7 cm³/mol. The highest BCUT2D eigenvalue weighted by Crippen LogP contribution is 2.23. The van der Waals surface area contributed by atoms with Gasteiger partial charge in [-0.05, 0) is 6.54 Å². The smallest absolute Gasteiger partial charge is 0.143 e. The van der Waals surface area contributed by atoms with Gasteiger partial charge in [0.2, 0.25) is 0 Å². The molecule has 80 valence electrons. The first-order valence-corrected chi connectivity index (χ1v) is 5.82. The van der Waals surface area contributed by atoms with Gasteiger partial charge in [0.15, 0.2) is 0 Å². The zero-order valence-corrected chi connectivity index (χ0v) is 9.71. The van der Waals surface area contributed by atoms with Gasteiger partial charge in [0.1, 0.15) is 10.7 Å². The summed E-state index contributed by atoms with van der Waals surface area (Å²) in [5.74, 6) is 0. The summed E-state index contributed by atoms with van der Waals surface area (Å²) in [5, 5.41) is 10.7. The van der Waals surface area contributed by atoms with Gasteiger partial charge in [0.05, 0.1) is 0 Å². The van der Waals surface area contributed by atoms with Crippen molar-refractivity contribution in [3.63, 3.8) is 0 Å². The molecule has 0 atom stereocenters. The number of aromatic nitrogens is 3. The topological polar surface area (TPSA) is 42.7 Å². The quantitative estimate of drug-likeness (QED) is 0.855. The zero-order chi connectivity index (χ0) is 10.7. The molecule has 0 bridgehead atoms. The van der Waals surface area contributed by atoms with Crippen molar-refractivity contribution in [1.82, 2.24) is 20.1 Å². The van der Waals surface area contributed by atoms with Crippen LogP contribution in [0.5, 0.6) is 0 Å². The van der Waals surface area contributed by atoms with Crippen molar-refractivity contribution in [1.29, 1.82) is 0 Å². The lowest BCUT2D eigenvalue weighted by molar-refractivity contribution is 0.724. The molecule has 0 amide bonds. The van der Waals surface area contributed by atoms with E-state index in [0.717, 1.165) is 23.8 Å². The molecule has 0 saturated heterocycles. The molecule has 0 aliphatic rings. The minimum atomic E-state index is 0.846. The van der Waals surface area contributed by atoms with E-state index in [2.05, 4.69) is 22.3 Å². The van der Waals surface area contributed by atoms with Crippen LogP contribution in [0.1, 0.15) is 12.5 Å². The molecule has 0 saturated carbocycles. The van der Waals surface area contributed by atoms with E-state index in [4.69, 9.17) is 0 Å². The molecule has 0 aliphatic heterocycles. The second-order valence-electron chi connectivity index (χ2n) is 3.29. The van der Waals surface area contributed by atoms with Crippen LogP contribution in [0.25, 0.3) is 10.7 Å². The molecule has 0 aromatic carbocycles. The molecule has 5 heteroatoms.